The molecule has 0 bridgehead atoms. The Morgan fingerprint density at radius 2 is 1.85 bits per heavy atom. The van der Waals surface area contributed by atoms with Crippen molar-refractivity contribution in [2.45, 2.75) is 59.0 Å². The number of hydrogen-bond donors (Lipinski definition) is 3. The molecule has 0 saturated heterocycles. The van der Waals surface area contributed by atoms with Crippen LogP contribution < -0.4 is 16.8 Å². The summed E-state index contributed by atoms with van der Waals surface area (Å²) < 4.78 is 17.3. The lowest BCUT2D eigenvalue weighted by molar-refractivity contribution is -0.126. The number of nitrogens with one attached hydrogen (secondary N) is 1. The monoisotopic (exact) mass is 477 g/mol. The number of primary amides is 1. The second-order valence-electron chi connectivity index (χ2n) is 8.33. The van der Waals surface area contributed by atoms with Crippen LogP contribution in [-0.4, -0.2) is 39.6 Å². The fraction of sp³-hybridized carbons (Fsp3) is 0.478. The van der Waals surface area contributed by atoms with Crippen LogP contribution in [0.1, 0.15) is 72.2 Å². The number of rotatable bonds is 12. The minimum absolute atomic E-state index is 0.0439. The molecule has 5 N–H and O–H groups in total. The largest absolute Gasteiger partial charge is 0.395 e. The SMILES string of the molecule is CCCCC(C(=O)NCCC(C)C)N(Cc1ccc(F)cc1)C(=O)c1snc(C(N)=O)c1N. The van der Waals surface area contributed by atoms with E-state index in [0.717, 1.165) is 30.8 Å². The van der Waals surface area contributed by atoms with Crippen molar-refractivity contribution in [2.75, 3.05) is 12.3 Å². The van der Waals surface area contributed by atoms with Crippen LogP contribution in [0.5, 0.6) is 0 Å². The molecule has 2 aromatic rings. The van der Waals surface area contributed by atoms with Gasteiger partial charge in [0.1, 0.15) is 16.7 Å². The van der Waals surface area contributed by atoms with Gasteiger partial charge in [-0.1, -0.05) is 45.7 Å². The van der Waals surface area contributed by atoms with Crippen molar-refractivity contribution in [3.05, 3.63) is 46.2 Å². The Morgan fingerprint density at radius 1 is 1.18 bits per heavy atom. The van der Waals surface area contributed by atoms with Crippen molar-refractivity contribution < 1.29 is 18.8 Å². The van der Waals surface area contributed by atoms with Crippen LogP contribution in [-0.2, 0) is 11.3 Å². The van der Waals surface area contributed by atoms with Gasteiger partial charge in [-0.15, -0.1) is 0 Å². The van der Waals surface area contributed by atoms with Crippen LogP contribution in [0.15, 0.2) is 24.3 Å². The van der Waals surface area contributed by atoms with E-state index < -0.39 is 23.7 Å². The maximum absolute atomic E-state index is 13.6. The van der Waals surface area contributed by atoms with Crippen molar-refractivity contribution in [1.82, 2.24) is 14.6 Å². The van der Waals surface area contributed by atoms with Gasteiger partial charge in [0.05, 0.1) is 5.69 Å². The number of nitrogens with zero attached hydrogens (tertiary/aromatic N) is 2. The third kappa shape index (κ3) is 7.24. The number of nitrogens with two attached hydrogens (primary N) is 2. The Balaban J connectivity index is 2.42. The number of hydrogen-bond acceptors (Lipinski definition) is 6. The summed E-state index contributed by atoms with van der Waals surface area (Å²) in [5.41, 5.74) is 11.7. The molecular formula is C23H32FN5O3S. The van der Waals surface area contributed by atoms with Gasteiger partial charge >= 0.3 is 0 Å². The Kier molecular flexibility index (Phi) is 9.77. The molecule has 1 atom stereocenters. The van der Waals surface area contributed by atoms with Gasteiger partial charge in [-0.05, 0) is 48.0 Å². The number of amides is 3. The van der Waals surface area contributed by atoms with E-state index in [1.165, 1.54) is 17.0 Å². The fourth-order valence-corrected chi connectivity index (χ4v) is 4.06. The van der Waals surface area contributed by atoms with Crippen molar-refractivity contribution in [2.24, 2.45) is 11.7 Å². The lowest BCUT2D eigenvalue weighted by Crippen LogP contribution is -2.49. The van der Waals surface area contributed by atoms with E-state index in [1.807, 2.05) is 6.92 Å². The minimum Gasteiger partial charge on any atom is -0.395 e. The van der Waals surface area contributed by atoms with Crippen molar-refractivity contribution in [3.8, 4) is 0 Å². The number of carbonyl (C=O) groups is 3. The molecule has 0 aliphatic heterocycles. The zero-order chi connectivity index (χ0) is 24.5. The Labute approximate surface area is 197 Å². The highest BCUT2D eigenvalue weighted by Crippen LogP contribution is 2.26. The molecule has 0 aliphatic carbocycles. The third-order valence-corrected chi connectivity index (χ3v) is 6.06. The van der Waals surface area contributed by atoms with Crippen molar-refractivity contribution >= 4 is 34.9 Å². The average molecular weight is 478 g/mol. The van der Waals surface area contributed by atoms with Gasteiger partial charge in [-0.25, -0.2) is 4.39 Å². The molecule has 33 heavy (non-hydrogen) atoms. The molecule has 1 heterocycles. The normalized spacial score (nSPS) is 11.9. The molecule has 0 aliphatic rings. The van der Waals surface area contributed by atoms with Gasteiger partial charge in [0.15, 0.2) is 5.69 Å². The zero-order valence-electron chi connectivity index (χ0n) is 19.3. The highest BCUT2D eigenvalue weighted by Gasteiger charge is 2.33. The van der Waals surface area contributed by atoms with Gasteiger partial charge in [0.2, 0.25) is 5.91 Å². The Bertz CT molecular complexity index is 962. The Hall–Kier alpha value is -3.01. The molecular weight excluding hydrogens is 445 g/mol. The smallest absolute Gasteiger partial charge is 0.270 e. The second kappa shape index (κ2) is 12.3. The van der Waals surface area contributed by atoms with E-state index in [4.69, 9.17) is 11.5 Å². The lowest BCUT2D eigenvalue weighted by Gasteiger charge is -2.31. The standard InChI is InChI=1S/C23H32FN5O3S/c1-4-5-6-17(22(31)27-12-11-14(2)3)29(13-15-7-9-16(24)10-8-15)23(32)20-18(25)19(21(26)30)28-33-20/h7-10,14,17H,4-6,11-13,25H2,1-3H3,(H2,26,30)(H,27,31). The van der Waals surface area contributed by atoms with E-state index in [1.54, 1.807) is 12.1 Å². The lowest BCUT2D eigenvalue weighted by atomic mass is 10.0. The van der Waals surface area contributed by atoms with Gasteiger partial charge < -0.3 is 21.7 Å². The maximum atomic E-state index is 13.6. The summed E-state index contributed by atoms with van der Waals surface area (Å²) in [4.78, 5) is 39.8. The predicted molar refractivity (Wildman–Crippen MR) is 127 cm³/mol. The van der Waals surface area contributed by atoms with Crippen LogP contribution in [0.4, 0.5) is 10.1 Å². The summed E-state index contributed by atoms with van der Waals surface area (Å²) in [6, 6.07) is 4.96. The molecule has 2 rings (SSSR count). The molecule has 1 unspecified atom stereocenters. The number of halogens is 1. The van der Waals surface area contributed by atoms with Gasteiger partial charge in [0, 0.05) is 13.1 Å². The van der Waals surface area contributed by atoms with Gasteiger partial charge in [0.25, 0.3) is 11.8 Å². The topological polar surface area (TPSA) is 131 Å². The zero-order valence-corrected chi connectivity index (χ0v) is 20.1. The molecule has 0 spiro atoms. The minimum atomic E-state index is -0.832. The predicted octanol–water partition coefficient (Wildman–Crippen LogP) is 3.33. The molecule has 8 nitrogen and oxygen atoms in total. The number of anilines is 1. The van der Waals surface area contributed by atoms with Crippen LogP contribution in [0.2, 0.25) is 0 Å². The number of nitrogen functional groups attached to an aromatic ring is 1. The second-order valence-corrected chi connectivity index (χ2v) is 9.10. The first kappa shape index (κ1) is 26.2. The molecule has 0 fully saturated rings. The highest BCUT2D eigenvalue weighted by molar-refractivity contribution is 7.09. The third-order valence-electron chi connectivity index (χ3n) is 5.21. The highest BCUT2D eigenvalue weighted by atomic mass is 32.1. The van der Waals surface area contributed by atoms with E-state index in [2.05, 4.69) is 23.5 Å². The maximum Gasteiger partial charge on any atom is 0.270 e. The summed E-state index contributed by atoms with van der Waals surface area (Å²) in [6.07, 6.45) is 2.81. The van der Waals surface area contributed by atoms with E-state index in [0.29, 0.717) is 24.4 Å². The molecule has 0 saturated carbocycles. The molecule has 1 aromatic carbocycles. The first-order chi connectivity index (χ1) is 15.6. The van der Waals surface area contributed by atoms with Crippen LogP contribution in [0.25, 0.3) is 0 Å². The average Bonchev–Trinajstić information content (AvgIpc) is 3.15. The van der Waals surface area contributed by atoms with Crippen LogP contribution in [0, 0.1) is 11.7 Å². The molecule has 180 valence electrons. The van der Waals surface area contributed by atoms with Gasteiger partial charge in [-0.2, -0.15) is 4.37 Å². The number of aromatic nitrogens is 1. The molecule has 1 aromatic heterocycles. The fourth-order valence-electron chi connectivity index (χ4n) is 3.30. The van der Waals surface area contributed by atoms with Crippen molar-refractivity contribution in [1.29, 1.82) is 0 Å². The summed E-state index contributed by atoms with van der Waals surface area (Å²) in [5, 5.41) is 2.93. The summed E-state index contributed by atoms with van der Waals surface area (Å²) in [6.45, 7) is 6.68. The quantitative estimate of drug-likeness (QED) is 0.431. The van der Waals surface area contributed by atoms with Crippen LogP contribution >= 0.6 is 11.5 Å². The number of unbranched alkanes of at least 4 members (excludes halogenated alkanes) is 1. The molecule has 3 amide bonds. The van der Waals surface area contributed by atoms with E-state index in [-0.39, 0.29) is 28.7 Å². The number of benzene rings is 1. The first-order valence-electron chi connectivity index (χ1n) is 11.0. The van der Waals surface area contributed by atoms with E-state index >= 15 is 0 Å². The first-order valence-corrected chi connectivity index (χ1v) is 11.8. The number of carbonyl (C=O) groups excluding carboxylic acids is 3. The van der Waals surface area contributed by atoms with Crippen LogP contribution in [0.3, 0.4) is 0 Å². The Morgan fingerprint density at radius 3 is 2.39 bits per heavy atom. The van der Waals surface area contributed by atoms with E-state index in [9.17, 15) is 18.8 Å². The summed E-state index contributed by atoms with van der Waals surface area (Å²) in [7, 11) is 0. The molecule has 10 heteroatoms. The summed E-state index contributed by atoms with van der Waals surface area (Å²) in [5.74, 6) is -1.61. The summed E-state index contributed by atoms with van der Waals surface area (Å²) >= 11 is 0.770. The molecule has 0 radical (unpaired) electrons. The van der Waals surface area contributed by atoms with Gasteiger partial charge in [-0.3, -0.25) is 14.4 Å². The van der Waals surface area contributed by atoms with Crippen molar-refractivity contribution in [3.63, 3.8) is 0 Å².